The van der Waals surface area contributed by atoms with Crippen molar-refractivity contribution < 1.29 is 4.79 Å². The first-order valence-corrected chi connectivity index (χ1v) is 8.34. The fourth-order valence-electron chi connectivity index (χ4n) is 3.23. The lowest BCUT2D eigenvalue weighted by Crippen LogP contribution is -2.24. The van der Waals surface area contributed by atoms with Crippen LogP contribution in [0.25, 0.3) is 15.9 Å². The Hall–Kier alpha value is -2.38. The maximum atomic E-state index is 12.2. The number of amides is 1. The third kappa shape index (κ3) is 1.83. The van der Waals surface area contributed by atoms with Gasteiger partial charge in [0.25, 0.3) is 0 Å². The molecule has 1 aliphatic rings. The van der Waals surface area contributed by atoms with Crippen LogP contribution in [0.5, 0.6) is 0 Å². The first kappa shape index (κ1) is 13.1. The molecule has 0 radical (unpaired) electrons. The van der Waals surface area contributed by atoms with Crippen molar-refractivity contribution in [1.82, 2.24) is 19.6 Å². The number of nitrogens with one attached hydrogen (secondary N) is 2. The molecule has 5 rings (SSSR count). The summed E-state index contributed by atoms with van der Waals surface area (Å²) >= 11 is 7.90. The highest BCUT2D eigenvalue weighted by atomic mass is 35.5. The van der Waals surface area contributed by atoms with Gasteiger partial charge in [0.15, 0.2) is 10.1 Å². The second-order valence-electron chi connectivity index (χ2n) is 5.55. The van der Waals surface area contributed by atoms with Crippen LogP contribution in [-0.2, 0) is 4.79 Å². The molecule has 23 heavy (non-hydrogen) atoms. The number of carbonyl (C=O) groups is 1. The van der Waals surface area contributed by atoms with Crippen LogP contribution in [-0.4, -0.2) is 25.5 Å². The largest absolute Gasteiger partial charge is 0.326 e. The average molecular weight is 344 g/mol. The lowest BCUT2D eigenvalue weighted by Gasteiger charge is -2.25. The van der Waals surface area contributed by atoms with Crippen molar-refractivity contribution >= 4 is 50.4 Å². The number of imidazole rings is 1. The van der Waals surface area contributed by atoms with Gasteiger partial charge in [0.1, 0.15) is 0 Å². The molecule has 2 N–H and O–H groups in total. The van der Waals surface area contributed by atoms with Gasteiger partial charge in [-0.3, -0.25) is 14.3 Å². The van der Waals surface area contributed by atoms with E-state index in [1.54, 1.807) is 6.20 Å². The predicted molar refractivity (Wildman–Crippen MR) is 89.3 cm³/mol. The molecule has 114 valence electrons. The molecule has 8 heteroatoms. The molecule has 3 aromatic heterocycles. The van der Waals surface area contributed by atoms with Crippen molar-refractivity contribution in [3.8, 4) is 0 Å². The summed E-state index contributed by atoms with van der Waals surface area (Å²) in [6, 6.07) is 3.97. The molecule has 1 amide bonds. The van der Waals surface area contributed by atoms with E-state index in [4.69, 9.17) is 11.6 Å². The van der Waals surface area contributed by atoms with Gasteiger partial charge in [0, 0.05) is 35.0 Å². The minimum atomic E-state index is -0.129. The standard InChI is InChI=1S/C15H10ClN5OS/c16-14-13(21-1-2-23-15(21)19-14)9-4-12(22)18-11-5-10-7(3-8(9)11)6-17-20-10/h1-3,5-6,9H,4H2,(H,17,20)(H,18,22)/t9-/m1/s1. The Morgan fingerprint density at radius 3 is 3.22 bits per heavy atom. The lowest BCUT2D eigenvalue weighted by atomic mass is 9.87. The van der Waals surface area contributed by atoms with E-state index in [1.807, 2.05) is 22.0 Å². The van der Waals surface area contributed by atoms with Crippen LogP contribution in [0.3, 0.4) is 0 Å². The highest BCUT2D eigenvalue weighted by Gasteiger charge is 2.31. The molecule has 4 heterocycles. The molecule has 0 aliphatic carbocycles. The second kappa shape index (κ2) is 4.56. The Balaban J connectivity index is 1.79. The van der Waals surface area contributed by atoms with Crippen LogP contribution in [0.2, 0.25) is 5.15 Å². The second-order valence-corrected chi connectivity index (χ2v) is 6.78. The predicted octanol–water partition coefficient (Wildman–Crippen LogP) is 3.40. The number of aromatic nitrogens is 4. The number of halogens is 1. The van der Waals surface area contributed by atoms with Crippen molar-refractivity contribution in [2.45, 2.75) is 12.3 Å². The molecule has 0 unspecified atom stereocenters. The van der Waals surface area contributed by atoms with Crippen molar-refractivity contribution in [1.29, 1.82) is 0 Å². The number of nitrogens with zero attached hydrogens (tertiary/aromatic N) is 3. The molecule has 1 aliphatic heterocycles. The fourth-order valence-corrected chi connectivity index (χ4v) is 4.31. The number of anilines is 1. The fraction of sp³-hybridized carbons (Fsp3) is 0.133. The van der Waals surface area contributed by atoms with Gasteiger partial charge in [-0.15, -0.1) is 11.3 Å². The molecule has 0 fully saturated rings. The Kier molecular flexibility index (Phi) is 2.60. The number of aromatic amines is 1. The summed E-state index contributed by atoms with van der Waals surface area (Å²) in [5.74, 6) is -0.155. The summed E-state index contributed by atoms with van der Waals surface area (Å²) < 4.78 is 1.97. The minimum Gasteiger partial charge on any atom is -0.326 e. The molecule has 0 saturated carbocycles. The molecule has 1 atom stereocenters. The van der Waals surface area contributed by atoms with Crippen LogP contribution in [0, 0.1) is 0 Å². The quantitative estimate of drug-likeness (QED) is 0.556. The smallest absolute Gasteiger partial charge is 0.225 e. The van der Waals surface area contributed by atoms with Gasteiger partial charge in [-0.2, -0.15) is 5.10 Å². The monoisotopic (exact) mass is 343 g/mol. The van der Waals surface area contributed by atoms with Crippen LogP contribution in [0.4, 0.5) is 5.69 Å². The Labute approximate surface area is 139 Å². The first-order valence-electron chi connectivity index (χ1n) is 7.08. The lowest BCUT2D eigenvalue weighted by molar-refractivity contribution is -0.116. The van der Waals surface area contributed by atoms with Crippen LogP contribution >= 0.6 is 22.9 Å². The number of H-pyrrole nitrogens is 1. The summed E-state index contributed by atoms with van der Waals surface area (Å²) in [4.78, 5) is 17.4. The van der Waals surface area contributed by atoms with E-state index in [2.05, 4.69) is 26.6 Å². The Morgan fingerprint density at radius 2 is 2.30 bits per heavy atom. The molecule has 0 bridgehead atoms. The van der Waals surface area contributed by atoms with E-state index < -0.39 is 0 Å². The summed E-state index contributed by atoms with van der Waals surface area (Å²) in [5, 5.41) is 13.3. The number of rotatable bonds is 1. The van der Waals surface area contributed by atoms with Gasteiger partial charge >= 0.3 is 0 Å². The third-order valence-corrected chi connectivity index (χ3v) is 5.27. The van der Waals surface area contributed by atoms with E-state index in [0.717, 1.165) is 32.8 Å². The number of thiazole rings is 1. The van der Waals surface area contributed by atoms with E-state index in [-0.39, 0.29) is 11.8 Å². The molecule has 4 aromatic rings. The van der Waals surface area contributed by atoms with E-state index >= 15 is 0 Å². The maximum absolute atomic E-state index is 12.2. The van der Waals surface area contributed by atoms with Gasteiger partial charge in [-0.05, 0) is 17.7 Å². The first-order chi connectivity index (χ1) is 11.2. The Bertz CT molecular complexity index is 1080. The third-order valence-electron chi connectivity index (χ3n) is 4.23. The van der Waals surface area contributed by atoms with Crippen molar-refractivity contribution in [2.24, 2.45) is 0 Å². The summed E-state index contributed by atoms with van der Waals surface area (Å²) in [5.41, 5.74) is 3.59. The molecular weight excluding hydrogens is 334 g/mol. The SMILES string of the molecule is O=C1C[C@@H](c2c(Cl)nc3sccn23)c2cc3cn[nH]c3cc2N1. The van der Waals surface area contributed by atoms with Gasteiger partial charge in [-0.1, -0.05) is 11.6 Å². The highest BCUT2D eigenvalue weighted by molar-refractivity contribution is 7.15. The zero-order valence-electron chi connectivity index (χ0n) is 11.7. The number of carbonyl (C=O) groups excluding carboxylic acids is 1. The Morgan fingerprint density at radius 1 is 1.39 bits per heavy atom. The molecule has 0 spiro atoms. The van der Waals surface area contributed by atoms with E-state index in [9.17, 15) is 4.79 Å². The highest BCUT2D eigenvalue weighted by Crippen LogP contribution is 2.41. The molecule has 0 saturated heterocycles. The minimum absolute atomic E-state index is 0.0254. The normalized spacial score (nSPS) is 17.6. The molecular formula is C15H10ClN5OS. The van der Waals surface area contributed by atoms with Crippen LogP contribution in [0.15, 0.2) is 29.9 Å². The van der Waals surface area contributed by atoms with Crippen molar-refractivity contribution in [3.05, 3.63) is 46.3 Å². The maximum Gasteiger partial charge on any atom is 0.225 e. The number of benzene rings is 1. The van der Waals surface area contributed by atoms with Crippen LogP contribution < -0.4 is 5.32 Å². The zero-order chi connectivity index (χ0) is 15.6. The van der Waals surface area contributed by atoms with Crippen LogP contribution in [0.1, 0.15) is 23.6 Å². The van der Waals surface area contributed by atoms with Crippen molar-refractivity contribution in [3.63, 3.8) is 0 Å². The van der Waals surface area contributed by atoms with E-state index in [1.165, 1.54) is 11.3 Å². The van der Waals surface area contributed by atoms with Gasteiger partial charge < -0.3 is 5.32 Å². The van der Waals surface area contributed by atoms with E-state index in [0.29, 0.717) is 11.6 Å². The van der Waals surface area contributed by atoms with Gasteiger partial charge in [-0.25, -0.2) is 4.98 Å². The zero-order valence-corrected chi connectivity index (χ0v) is 13.3. The number of hydrogen-bond donors (Lipinski definition) is 2. The van der Waals surface area contributed by atoms with Gasteiger partial charge in [0.05, 0.1) is 17.4 Å². The molecule has 1 aromatic carbocycles. The summed E-state index contributed by atoms with van der Waals surface area (Å²) in [6.45, 7) is 0. The molecule has 6 nitrogen and oxygen atoms in total. The number of hydrogen-bond acceptors (Lipinski definition) is 4. The van der Waals surface area contributed by atoms with Crippen molar-refractivity contribution in [2.75, 3.05) is 5.32 Å². The average Bonchev–Trinajstić information content (AvgIpc) is 3.19. The summed E-state index contributed by atoms with van der Waals surface area (Å²) in [7, 11) is 0. The summed E-state index contributed by atoms with van der Waals surface area (Å²) in [6.07, 6.45) is 4.07. The topological polar surface area (TPSA) is 75.1 Å². The van der Waals surface area contributed by atoms with Gasteiger partial charge in [0.2, 0.25) is 5.91 Å². The number of fused-ring (bicyclic) bond motifs is 3.